The summed E-state index contributed by atoms with van der Waals surface area (Å²) in [5.74, 6) is 0.663. The van der Waals surface area contributed by atoms with Gasteiger partial charge in [0.25, 0.3) is 0 Å². The monoisotopic (exact) mass is 271 g/mol. The van der Waals surface area contributed by atoms with Crippen LogP contribution in [-0.4, -0.2) is 22.2 Å². The van der Waals surface area contributed by atoms with Crippen LogP contribution in [0.25, 0.3) is 0 Å². The van der Waals surface area contributed by atoms with Crippen LogP contribution in [0, 0.1) is 0 Å². The Hall–Kier alpha value is -2.17. The van der Waals surface area contributed by atoms with Crippen molar-refractivity contribution in [1.82, 2.24) is 15.2 Å². The highest BCUT2D eigenvalue weighted by Gasteiger charge is 2.10. The van der Waals surface area contributed by atoms with Gasteiger partial charge >= 0.3 is 0 Å². The van der Waals surface area contributed by atoms with Crippen LogP contribution < -0.4 is 10.6 Å². The van der Waals surface area contributed by atoms with Gasteiger partial charge in [0, 0.05) is 19.3 Å². The number of anilines is 2. The van der Waals surface area contributed by atoms with Gasteiger partial charge in [0.2, 0.25) is 5.95 Å². The SMILES string of the molecule is CCc1nnc(N(C)Cc2ccc(N)cc2)nc1CC. The number of nitrogen functional groups attached to an aromatic ring is 1. The average molecular weight is 271 g/mol. The van der Waals surface area contributed by atoms with Gasteiger partial charge in [0.1, 0.15) is 0 Å². The second-order valence-corrected chi connectivity index (χ2v) is 4.81. The summed E-state index contributed by atoms with van der Waals surface area (Å²) in [5.41, 5.74) is 9.65. The number of nitrogens with zero attached hydrogens (tertiary/aromatic N) is 4. The van der Waals surface area contributed by atoms with E-state index in [0.717, 1.165) is 36.5 Å². The minimum absolute atomic E-state index is 0.663. The number of hydrogen-bond donors (Lipinski definition) is 1. The van der Waals surface area contributed by atoms with E-state index in [9.17, 15) is 0 Å². The fourth-order valence-electron chi connectivity index (χ4n) is 2.06. The van der Waals surface area contributed by atoms with E-state index in [1.54, 1.807) is 0 Å². The largest absolute Gasteiger partial charge is 0.399 e. The molecule has 0 aliphatic heterocycles. The van der Waals surface area contributed by atoms with Crippen LogP contribution in [0.4, 0.5) is 11.6 Å². The van der Waals surface area contributed by atoms with Gasteiger partial charge in [0.05, 0.1) is 11.4 Å². The normalized spacial score (nSPS) is 10.6. The van der Waals surface area contributed by atoms with Crippen molar-refractivity contribution in [2.24, 2.45) is 0 Å². The summed E-state index contributed by atoms with van der Waals surface area (Å²) in [5, 5.41) is 8.48. The predicted molar refractivity (Wildman–Crippen MR) is 81.5 cm³/mol. The Morgan fingerprint density at radius 1 is 1.00 bits per heavy atom. The maximum absolute atomic E-state index is 5.69. The molecule has 1 aromatic heterocycles. The molecule has 0 radical (unpaired) electrons. The molecule has 0 bridgehead atoms. The van der Waals surface area contributed by atoms with Gasteiger partial charge in [-0.15, -0.1) is 5.10 Å². The topological polar surface area (TPSA) is 67.9 Å². The minimum atomic E-state index is 0.663. The van der Waals surface area contributed by atoms with Gasteiger partial charge in [-0.25, -0.2) is 4.98 Å². The average Bonchev–Trinajstić information content (AvgIpc) is 2.48. The first-order chi connectivity index (χ1) is 9.63. The second-order valence-electron chi connectivity index (χ2n) is 4.81. The van der Waals surface area contributed by atoms with Gasteiger partial charge in [-0.1, -0.05) is 26.0 Å². The molecule has 1 aromatic carbocycles. The van der Waals surface area contributed by atoms with E-state index in [4.69, 9.17) is 5.73 Å². The molecule has 0 saturated heterocycles. The van der Waals surface area contributed by atoms with Crippen LogP contribution in [0.5, 0.6) is 0 Å². The van der Waals surface area contributed by atoms with Crippen molar-refractivity contribution in [1.29, 1.82) is 0 Å². The van der Waals surface area contributed by atoms with Crippen molar-refractivity contribution in [2.75, 3.05) is 17.7 Å². The number of benzene rings is 1. The van der Waals surface area contributed by atoms with Crippen LogP contribution in [0.1, 0.15) is 30.8 Å². The summed E-state index contributed by atoms with van der Waals surface area (Å²) < 4.78 is 0. The van der Waals surface area contributed by atoms with Gasteiger partial charge in [-0.2, -0.15) is 5.10 Å². The molecular formula is C15H21N5. The molecule has 0 unspecified atom stereocenters. The quantitative estimate of drug-likeness (QED) is 0.844. The highest BCUT2D eigenvalue weighted by Crippen LogP contribution is 2.13. The highest BCUT2D eigenvalue weighted by atomic mass is 15.3. The predicted octanol–water partition coefficient (Wildman–Crippen LogP) is 2.21. The van der Waals surface area contributed by atoms with Crippen LogP contribution in [-0.2, 0) is 19.4 Å². The van der Waals surface area contributed by atoms with E-state index >= 15 is 0 Å². The van der Waals surface area contributed by atoms with Crippen molar-refractivity contribution < 1.29 is 0 Å². The number of rotatable bonds is 5. The first-order valence-corrected chi connectivity index (χ1v) is 6.92. The van der Waals surface area contributed by atoms with E-state index in [-0.39, 0.29) is 0 Å². The molecule has 2 N–H and O–H groups in total. The van der Waals surface area contributed by atoms with Crippen molar-refractivity contribution in [3.8, 4) is 0 Å². The highest BCUT2D eigenvalue weighted by molar-refractivity contribution is 5.40. The van der Waals surface area contributed by atoms with E-state index < -0.39 is 0 Å². The standard InChI is InChI=1S/C15H21N5/c1-4-13-14(5-2)18-19-15(17-13)20(3)10-11-6-8-12(16)9-7-11/h6-9H,4-5,10,16H2,1-3H3. The summed E-state index contributed by atoms with van der Waals surface area (Å²) in [6, 6.07) is 7.83. The molecule has 5 heteroatoms. The van der Waals surface area contributed by atoms with Gasteiger partial charge in [-0.3, -0.25) is 0 Å². The molecule has 2 aromatic rings. The summed E-state index contributed by atoms with van der Waals surface area (Å²) in [7, 11) is 1.97. The Morgan fingerprint density at radius 3 is 2.25 bits per heavy atom. The van der Waals surface area contributed by atoms with Crippen LogP contribution in [0.2, 0.25) is 0 Å². The first-order valence-electron chi connectivity index (χ1n) is 6.92. The fraction of sp³-hybridized carbons (Fsp3) is 0.400. The van der Waals surface area contributed by atoms with Crippen molar-refractivity contribution in [3.63, 3.8) is 0 Å². The van der Waals surface area contributed by atoms with E-state index in [1.165, 1.54) is 5.56 Å². The van der Waals surface area contributed by atoms with Crippen molar-refractivity contribution in [3.05, 3.63) is 41.2 Å². The van der Waals surface area contributed by atoms with E-state index in [2.05, 4.69) is 29.0 Å². The van der Waals surface area contributed by atoms with Crippen molar-refractivity contribution >= 4 is 11.6 Å². The zero-order valence-electron chi connectivity index (χ0n) is 12.3. The third kappa shape index (κ3) is 3.23. The Labute approximate surface area is 119 Å². The maximum atomic E-state index is 5.69. The Balaban J connectivity index is 2.16. The maximum Gasteiger partial charge on any atom is 0.245 e. The smallest absolute Gasteiger partial charge is 0.245 e. The molecule has 0 atom stereocenters. The number of hydrogen-bond acceptors (Lipinski definition) is 5. The molecule has 2 rings (SSSR count). The van der Waals surface area contributed by atoms with Crippen molar-refractivity contribution in [2.45, 2.75) is 33.2 Å². The summed E-state index contributed by atoms with van der Waals surface area (Å²) in [4.78, 5) is 6.60. The Kier molecular flexibility index (Phi) is 4.50. The zero-order chi connectivity index (χ0) is 14.5. The van der Waals surface area contributed by atoms with Gasteiger partial charge in [-0.05, 0) is 30.5 Å². The molecule has 1 heterocycles. The Bertz CT molecular complexity index is 565. The van der Waals surface area contributed by atoms with Gasteiger partial charge in [0.15, 0.2) is 0 Å². The first kappa shape index (κ1) is 14.2. The summed E-state index contributed by atoms with van der Waals surface area (Å²) in [6.45, 7) is 4.89. The molecule has 0 spiro atoms. The molecule has 0 aliphatic carbocycles. The van der Waals surface area contributed by atoms with Crippen LogP contribution in [0.15, 0.2) is 24.3 Å². The van der Waals surface area contributed by atoms with Gasteiger partial charge < -0.3 is 10.6 Å². The van der Waals surface area contributed by atoms with E-state index in [0.29, 0.717) is 5.95 Å². The van der Waals surface area contributed by atoms with E-state index in [1.807, 2.05) is 36.2 Å². The Morgan fingerprint density at radius 2 is 1.65 bits per heavy atom. The lowest BCUT2D eigenvalue weighted by atomic mass is 10.2. The third-order valence-electron chi connectivity index (χ3n) is 3.24. The minimum Gasteiger partial charge on any atom is -0.399 e. The lowest BCUT2D eigenvalue weighted by molar-refractivity contribution is 0.772. The molecule has 106 valence electrons. The van der Waals surface area contributed by atoms with Crippen LogP contribution >= 0.6 is 0 Å². The third-order valence-corrected chi connectivity index (χ3v) is 3.24. The molecule has 0 fully saturated rings. The molecule has 0 saturated carbocycles. The molecule has 0 amide bonds. The summed E-state index contributed by atoms with van der Waals surface area (Å²) in [6.07, 6.45) is 1.74. The lowest BCUT2D eigenvalue weighted by Gasteiger charge is -2.17. The fourth-order valence-corrected chi connectivity index (χ4v) is 2.06. The van der Waals surface area contributed by atoms with Crippen LogP contribution in [0.3, 0.4) is 0 Å². The second kappa shape index (κ2) is 6.32. The molecule has 20 heavy (non-hydrogen) atoms. The lowest BCUT2D eigenvalue weighted by Crippen LogP contribution is -2.21. The number of aromatic nitrogens is 3. The number of nitrogens with two attached hydrogens (primary N) is 1. The summed E-state index contributed by atoms with van der Waals surface area (Å²) >= 11 is 0. The molecular weight excluding hydrogens is 250 g/mol. The molecule has 0 aliphatic rings. The number of aryl methyl sites for hydroxylation is 2. The molecule has 5 nitrogen and oxygen atoms in total. The zero-order valence-corrected chi connectivity index (χ0v) is 12.3.